The molecule has 1 aromatic heterocycles. The Morgan fingerprint density at radius 1 is 1.45 bits per heavy atom. The molecule has 1 aliphatic carbocycles. The van der Waals surface area contributed by atoms with Gasteiger partial charge in [0, 0.05) is 10.4 Å². The van der Waals surface area contributed by atoms with Gasteiger partial charge in [0.15, 0.2) is 0 Å². The van der Waals surface area contributed by atoms with Gasteiger partial charge in [0.25, 0.3) is 0 Å². The number of aliphatic hydroxyl groups is 1. The Hall–Kier alpha value is 0.140. The third kappa shape index (κ3) is 1.15. The van der Waals surface area contributed by atoms with Crippen LogP contribution in [0, 0.1) is 0 Å². The highest BCUT2D eigenvalue weighted by molar-refractivity contribution is 9.11. The Balaban J connectivity index is 2.52. The van der Waals surface area contributed by atoms with Gasteiger partial charge in [0.2, 0.25) is 0 Å². The summed E-state index contributed by atoms with van der Waals surface area (Å²) in [6, 6.07) is 0. The molecule has 1 aromatic rings. The SMILES string of the molecule is OCc1c(Br)sc2c1CCC2. The minimum atomic E-state index is 0.187. The van der Waals surface area contributed by atoms with E-state index in [0.29, 0.717) is 0 Å². The molecule has 0 aliphatic heterocycles. The van der Waals surface area contributed by atoms with Gasteiger partial charge in [-0.25, -0.2) is 0 Å². The zero-order valence-corrected chi connectivity index (χ0v) is 8.46. The van der Waals surface area contributed by atoms with Crippen molar-refractivity contribution in [2.75, 3.05) is 0 Å². The van der Waals surface area contributed by atoms with Gasteiger partial charge < -0.3 is 5.11 Å². The van der Waals surface area contributed by atoms with E-state index in [4.69, 9.17) is 5.11 Å². The smallest absolute Gasteiger partial charge is 0.0759 e. The van der Waals surface area contributed by atoms with E-state index < -0.39 is 0 Å². The maximum absolute atomic E-state index is 9.05. The van der Waals surface area contributed by atoms with Gasteiger partial charge in [-0.1, -0.05) is 0 Å². The molecule has 0 bridgehead atoms. The first-order valence-corrected chi connectivity index (χ1v) is 5.33. The lowest BCUT2D eigenvalue weighted by Gasteiger charge is -1.95. The van der Waals surface area contributed by atoms with E-state index in [1.807, 2.05) is 0 Å². The quantitative estimate of drug-likeness (QED) is 0.790. The predicted molar refractivity (Wildman–Crippen MR) is 50.0 cm³/mol. The molecule has 2 rings (SSSR count). The Labute approximate surface area is 78.2 Å². The molecule has 0 saturated heterocycles. The fourth-order valence-corrected chi connectivity index (χ4v) is 3.67. The summed E-state index contributed by atoms with van der Waals surface area (Å²) >= 11 is 5.25. The average Bonchev–Trinajstić information content (AvgIpc) is 2.46. The molecule has 1 N–H and O–H groups in total. The molecule has 3 heteroatoms. The highest BCUT2D eigenvalue weighted by Crippen LogP contribution is 2.38. The van der Waals surface area contributed by atoms with Crippen LogP contribution >= 0.6 is 27.3 Å². The summed E-state index contributed by atoms with van der Waals surface area (Å²) < 4.78 is 1.13. The summed E-state index contributed by atoms with van der Waals surface area (Å²) in [7, 11) is 0. The Kier molecular flexibility index (Phi) is 2.04. The second-order valence-corrected chi connectivity index (χ2v) is 5.19. The van der Waals surface area contributed by atoms with E-state index in [1.54, 1.807) is 11.3 Å². The predicted octanol–water partition coefficient (Wildman–Crippen LogP) is 2.49. The molecule has 0 amide bonds. The van der Waals surface area contributed by atoms with Crippen LogP contribution in [0.1, 0.15) is 22.4 Å². The lowest BCUT2D eigenvalue weighted by atomic mass is 10.2. The van der Waals surface area contributed by atoms with Gasteiger partial charge in [-0.2, -0.15) is 0 Å². The van der Waals surface area contributed by atoms with Crippen LogP contribution < -0.4 is 0 Å². The molecule has 60 valence electrons. The van der Waals surface area contributed by atoms with Crippen molar-refractivity contribution in [2.24, 2.45) is 0 Å². The number of fused-ring (bicyclic) bond motifs is 1. The maximum Gasteiger partial charge on any atom is 0.0759 e. The van der Waals surface area contributed by atoms with Crippen LogP contribution in [0.3, 0.4) is 0 Å². The number of rotatable bonds is 1. The van der Waals surface area contributed by atoms with Crippen molar-refractivity contribution in [3.8, 4) is 0 Å². The summed E-state index contributed by atoms with van der Waals surface area (Å²) in [5, 5.41) is 9.05. The minimum Gasteiger partial charge on any atom is -0.392 e. The monoisotopic (exact) mass is 232 g/mol. The van der Waals surface area contributed by atoms with Crippen molar-refractivity contribution in [2.45, 2.75) is 25.9 Å². The molecule has 0 spiro atoms. The number of aliphatic hydroxyl groups excluding tert-OH is 1. The third-order valence-electron chi connectivity index (χ3n) is 2.14. The standard InChI is InChI=1S/C8H9BrOS/c9-8-6(4-10)5-2-1-3-7(5)11-8/h10H,1-4H2. The van der Waals surface area contributed by atoms with E-state index in [2.05, 4.69) is 15.9 Å². The van der Waals surface area contributed by atoms with E-state index >= 15 is 0 Å². The van der Waals surface area contributed by atoms with Gasteiger partial charge >= 0.3 is 0 Å². The average molecular weight is 233 g/mol. The summed E-state index contributed by atoms with van der Waals surface area (Å²) in [6.07, 6.45) is 3.63. The van der Waals surface area contributed by atoms with Gasteiger partial charge in [-0.15, -0.1) is 11.3 Å². The van der Waals surface area contributed by atoms with E-state index in [-0.39, 0.29) is 6.61 Å². The van der Waals surface area contributed by atoms with Crippen molar-refractivity contribution in [1.29, 1.82) is 0 Å². The largest absolute Gasteiger partial charge is 0.392 e. The Morgan fingerprint density at radius 2 is 2.27 bits per heavy atom. The number of hydrogen-bond acceptors (Lipinski definition) is 2. The van der Waals surface area contributed by atoms with Crippen LogP contribution in [-0.4, -0.2) is 5.11 Å². The molecule has 11 heavy (non-hydrogen) atoms. The first kappa shape index (κ1) is 7.77. The molecule has 0 atom stereocenters. The van der Waals surface area contributed by atoms with Crippen molar-refractivity contribution in [3.05, 3.63) is 19.8 Å². The summed E-state index contributed by atoms with van der Waals surface area (Å²) in [5.74, 6) is 0. The van der Waals surface area contributed by atoms with Crippen LogP contribution in [0.25, 0.3) is 0 Å². The van der Waals surface area contributed by atoms with Gasteiger partial charge in [-0.05, 0) is 40.8 Å². The zero-order chi connectivity index (χ0) is 7.84. The topological polar surface area (TPSA) is 20.2 Å². The van der Waals surface area contributed by atoms with Crippen molar-refractivity contribution in [1.82, 2.24) is 0 Å². The fourth-order valence-electron chi connectivity index (χ4n) is 1.59. The lowest BCUT2D eigenvalue weighted by Crippen LogP contribution is -1.86. The maximum atomic E-state index is 9.05. The van der Waals surface area contributed by atoms with E-state index in [0.717, 1.165) is 15.8 Å². The summed E-state index contributed by atoms with van der Waals surface area (Å²) in [4.78, 5) is 1.47. The number of aryl methyl sites for hydroxylation is 1. The minimum absolute atomic E-state index is 0.187. The fraction of sp³-hybridized carbons (Fsp3) is 0.500. The third-order valence-corrected chi connectivity index (χ3v) is 4.23. The molecule has 1 heterocycles. The number of halogens is 1. The molecule has 0 unspecified atom stereocenters. The molecule has 0 radical (unpaired) electrons. The molecule has 1 aliphatic rings. The van der Waals surface area contributed by atoms with Crippen LogP contribution in [0.15, 0.2) is 3.79 Å². The van der Waals surface area contributed by atoms with Gasteiger partial charge in [0.1, 0.15) is 0 Å². The van der Waals surface area contributed by atoms with Crippen molar-refractivity contribution in [3.63, 3.8) is 0 Å². The molecule has 0 fully saturated rings. The Bertz CT molecular complexity index is 280. The molecule has 0 saturated carbocycles. The zero-order valence-electron chi connectivity index (χ0n) is 6.06. The van der Waals surface area contributed by atoms with Gasteiger partial charge in [-0.3, -0.25) is 0 Å². The second-order valence-electron chi connectivity index (χ2n) is 2.77. The van der Waals surface area contributed by atoms with Crippen LogP contribution in [0.2, 0.25) is 0 Å². The van der Waals surface area contributed by atoms with Crippen LogP contribution in [0.5, 0.6) is 0 Å². The molecular formula is C8H9BrOS. The molecule has 1 nitrogen and oxygen atoms in total. The number of hydrogen-bond donors (Lipinski definition) is 1. The normalized spacial score (nSPS) is 15.5. The van der Waals surface area contributed by atoms with E-state index in [1.165, 1.54) is 23.3 Å². The summed E-state index contributed by atoms with van der Waals surface area (Å²) in [5.41, 5.74) is 2.53. The summed E-state index contributed by atoms with van der Waals surface area (Å²) in [6.45, 7) is 0.187. The molecular weight excluding hydrogens is 224 g/mol. The van der Waals surface area contributed by atoms with Gasteiger partial charge in [0.05, 0.1) is 10.4 Å². The molecule has 0 aromatic carbocycles. The van der Waals surface area contributed by atoms with E-state index in [9.17, 15) is 0 Å². The second kappa shape index (κ2) is 2.88. The first-order chi connectivity index (χ1) is 5.33. The number of thiophene rings is 1. The van der Waals surface area contributed by atoms with Crippen molar-refractivity contribution >= 4 is 27.3 Å². The van der Waals surface area contributed by atoms with Crippen LogP contribution in [0.4, 0.5) is 0 Å². The highest BCUT2D eigenvalue weighted by Gasteiger charge is 2.19. The highest BCUT2D eigenvalue weighted by atomic mass is 79.9. The lowest BCUT2D eigenvalue weighted by molar-refractivity contribution is 0.280. The van der Waals surface area contributed by atoms with Crippen LogP contribution in [-0.2, 0) is 19.4 Å². The Morgan fingerprint density at radius 3 is 3.00 bits per heavy atom. The first-order valence-electron chi connectivity index (χ1n) is 3.72. The van der Waals surface area contributed by atoms with Crippen molar-refractivity contribution < 1.29 is 5.11 Å².